The van der Waals surface area contributed by atoms with E-state index in [-0.39, 0.29) is 59.6 Å². The Kier molecular flexibility index (Phi) is 7.71. The average Bonchev–Trinajstić information content (AvgIpc) is 2.66. The van der Waals surface area contributed by atoms with Crippen molar-refractivity contribution >= 4 is 89.7 Å². The van der Waals surface area contributed by atoms with Gasteiger partial charge in [0.05, 0.1) is 30.1 Å². The van der Waals surface area contributed by atoms with Crippen molar-refractivity contribution in [3.05, 3.63) is 54.4 Å². The first kappa shape index (κ1) is 25.6. The predicted octanol–water partition coefficient (Wildman–Crippen LogP) is 5.69. The third kappa shape index (κ3) is 4.94. The highest BCUT2D eigenvalue weighted by Crippen LogP contribution is 2.36. The smallest absolute Gasteiger partial charge is 0.207 e. The molecule has 2 aromatic carbocycles. The lowest BCUT2D eigenvalue weighted by atomic mass is 10.3. The van der Waals surface area contributed by atoms with Gasteiger partial charge in [0.2, 0.25) is 20.0 Å². The summed E-state index contributed by atoms with van der Waals surface area (Å²) in [5.74, 6) is 0. The fraction of sp³-hybridized carbons (Fsp3) is 0.294. The normalized spacial score (nSPS) is 19.0. The molecule has 0 aliphatic carbocycles. The van der Waals surface area contributed by atoms with Gasteiger partial charge in [-0.25, -0.2) is 16.8 Å². The van der Waals surface area contributed by atoms with Crippen LogP contribution in [-0.4, -0.2) is 51.1 Å². The molecule has 1 atom stereocenters. The predicted molar refractivity (Wildman–Crippen MR) is 125 cm³/mol. The minimum Gasteiger partial charge on any atom is -0.207 e. The fourth-order valence-corrected chi connectivity index (χ4v) is 8.23. The van der Waals surface area contributed by atoms with Gasteiger partial charge in [-0.15, -0.1) is 0 Å². The van der Waals surface area contributed by atoms with E-state index in [4.69, 9.17) is 69.6 Å². The molecule has 1 aliphatic rings. The summed E-state index contributed by atoms with van der Waals surface area (Å²) in [6.07, 6.45) is 0. The molecule has 2 aromatic rings. The highest BCUT2D eigenvalue weighted by Gasteiger charge is 2.39. The summed E-state index contributed by atoms with van der Waals surface area (Å²) in [5.41, 5.74) is 0. The van der Waals surface area contributed by atoms with Crippen molar-refractivity contribution in [1.29, 1.82) is 0 Å². The Morgan fingerprint density at radius 3 is 1.55 bits per heavy atom. The number of hydrogen-bond donors (Lipinski definition) is 0. The number of nitrogens with zero attached hydrogens (tertiary/aromatic N) is 2. The summed E-state index contributed by atoms with van der Waals surface area (Å²) < 4.78 is 54.8. The van der Waals surface area contributed by atoms with Crippen LogP contribution in [0.4, 0.5) is 0 Å². The molecule has 6 nitrogen and oxygen atoms in total. The van der Waals surface area contributed by atoms with Crippen LogP contribution in [-0.2, 0) is 20.0 Å². The van der Waals surface area contributed by atoms with Gasteiger partial charge in [0.1, 0.15) is 9.79 Å². The van der Waals surface area contributed by atoms with Crippen molar-refractivity contribution in [2.45, 2.75) is 22.8 Å². The zero-order valence-corrected chi connectivity index (χ0v) is 21.8. The third-order valence-electron chi connectivity index (χ3n) is 4.68. The molecule has 1 aliphatic heterocycles. The van der Waals surface area contributed by atoms with Gasteiger partial charge in [-0.2, -0.15) is 8.61 Å². The van der Waals surface area contributed by atoms with Gasteiger partial charge < -0.3 is 0 Å². The summed E-state index contributed by atoms with van der Waals surface area (Å²) in [7, 11) is -8.11. The Morgan fingerprint density at radius 2 is 1.10 bits per heavy atom. The van der Waals surface area contributed by atoms with E-state index in [9.17, 15) is 16.8 Å². The molecule has 0 radical (unpaired) electrons. The standard InChI is InChI=1S/C17H14Cl6N2O4S2/c1-9-8-24(30(26,27)16-6-12(20)10(18)4-14(16)22)2-3-25(9)31(28,29)17-7-13(21)11(19)5-15(17)23/h4-7,9H,2-3,8H2,1H3. The quantitative estimate of drug-likeness (QED) is 0.431. The summed E-state index contributed by atoms with van der Waals surface area (Å²) in [4.78, 5) is -0.418. The van der Waals surface area contributed by atoms with Crippen LogP contribution in [0.25, 0.3) is 0 Å². The molecule has 1 unspecified atom stereocenters. The zero-order valence-electron chi connectivity index (χ0n) is 15.6. The molecule has 0 N–H and O–H groups in total. The first-order valence-corrected chi connectivity index (χ1v) is 13.7. The topological polar surface area (TPSA) is 74.8 Å². The van der Waals surface area contributed by atoms with Crippen LogP contribution >= 0.6 is 69.6 Å². The maximum absolute atomic E-state index is 13.2. The molecule has 0 bridgehead atoms. The molecule has 0 aromatic heterocycles. The molecule has 31 heavy (non-hydrogen) atoms. The highest BCUT2D eigenvalue weighted by atomic mass is 35.5. The molecular formula is C17H14Cl6N2O4S2. The van der Waals surface area contributed by atoms with Crippen molar-refractivity contribution in [3.8, 4) is 0 Å². The Balaban J connectivity index is 1.90. The van der Waals surface area contributed by atoms with Gasteiger partial charge in [0.15, 0.2) is 0 Å². The molecule has 1 fully saturated rings. The number of halogens is 6. The largest absolute Gasteiger partial charge is 0.244 e. The minimum absolute atomic E-state index is 0.0350. The van der Waals surface area contributed by atoms with Crippen LogP contribution in [0, 0.1) is 0 Å². The van der Waals surface area contributed by atoms with Gasteiger partial charge in [-0.1, -0.05) is 69.6 Å². The van der Waals surface area contributed by atoms with Crippen LogP contribution in [0.1, 0.15) is 6.92 Å². The van der Waals surface area contributed by atoms with E-state index in [0.717, 1.165) is 4.31 Å². The van der Waals surface area contributed by atoms with Crippen molar-refractivity contribution in [1.82, 2.24) is 8.61 Å². The van der Waals surface area contributed by atoms with E-state index in [1.165, 1.54) is 28.6 Å². The van der Waals surface area contributed by atoms with Crippen molar-refractivity contribution in [2.75, 3.05) is 19.6 Å². The van der Waals surface area contributed by atoms with Gasteiger partial charge in [0, 0.05) is 25.7 Å². The molecule has 1 heterocycles. The average molecular weight is 587 g/mol. The summed E-state index contributed by atoms with van der Waals surface area (Å²) in [6, 6.07) is 4.13. The van der Waals surface area contributed by atoms with E-state index in [1.54, 1.807) is 6.92 Å². The van der Waals surface area contributed by atoms with E-state index < -0.39 is 26.1 Å². The number of piperazine rings is 1. The number of rotatable bonds is 4. The highest BCUT2D eigenvalue weighted by molar-refractivity contribution is 7.89. The minimum atomic E-state index is -4.06. The zero-order chi connectivity index (χ0) is 23.3. The summed E-state index contributed by atoms with van der Waals surface area (Å²) in [6.45, 7) is 1.25. The van der Waals surface area contributed by atoms with Crippen LogP contribution in [0.3, 0.4) is 0 Å². The molecular weight excluding hydrogens is 573 g/mol. The molecule has 170 valence electrons. The van der Waals surface area contributed by atoms with Gasteiger partial charge in [-0.05, 0) is 31.2 Å². The SMILES string of the molecule is CC1CN(S(=O)(=O)c2cc(Cl)c(Cl)cc2Cl)CCN1S(=O)(=O)c1cc(Cl)c(Cl)cc1Cl. The number of sulfonamides is 2. The maximum Gasteiger partial charge on any atom is 0.244 e. The maximum atomic E-state index is 13.2. The molecule has 3 rings (SSSR count). The Morgan fingerprint density at radius 1 is 0.677 bits per heavy atom. The Labute approximate surface area is 210 Å². The molecule has 0 amide bonds. The van der Waals surface area contributed by atoms with E-state index >= 15 is 0 Å². The van der Waals surface area contributed by atoms with Crippen molar-refractivity contribution in [3.63, 3.8) is 0 Å². The van der Waals surface area contributed by atoms with Crippen molar-refractivity contribution in [2.24, 2.45) is 0 Å². The van der Waals surface area contributed by atoms with Gasteiger partial charge >= 0.3 is 0 Å². The summed E-state index contributed by atoms with van der Waals surface area (Å²) in [5, 5.41) is 0.140. The Bertz CT molecular complexity index is 1250. The van der Waals surface area contributed by atoms with Gasteiger partial charge in [-0.3, -0.25) is 0 Å². The van der Waals surface area contributed by atoms with E-state index in [1.807, 2.05) is 0 Å². The van der Waals surface area contributed by atoms with E-state index in [0.29, 0.717) is 0 Å². The molecule has 0 saturated carbocycles. The van der Waals surface area contributed by atoms with Crippen molar-refractivity contribution < 1.29 is 16.8 Å². The second-order valence-corrected chi connectivity index (χ2v) is 12.9. The lowest BCUT2D eigenvalue weighted by molar-refractivity contribution is 0.212. The van der Waals surface area contributed by atoms with Crippen LogP contribution in [0.5, 0.6) is 0 Å². The van der Waals surface area contributed by atoms with Crippen LogP contribution in [0.15, 0.2) is 34.1 Å². The van der Waals surface area contributed by atoms with Crippen LogP contribution in [0.2, 0.25) is 30.1 Å². The summed E-state index contributed by atoms with van der Waals surface area (Å²) >= 11 is 35.8. The fourth-order valence-electron chi connectivity index (χ4n) is 3.15. The number of hydrogen-bond acceptors (Lipinski definition) is 4. The van der Waals surface area contributed by atoms with Gasteiger partial charge in [0.25, 0.3) is 0 Å². The number of benzene rings is 2. The lowest BCUT2D eigenvalue weighted by Gasteiger charge is -2.38. The molecule has 0 spiro atoms. The molecule has 14 heteroatoms. The first-order valence-electron chi connectivity index (χ1n) is 8.58. The Hall–Kier alpha value is -0.000000000000000222. The monoisotopic (exact) mass is 584 g/mol. The second kappa shape index (κ2) is 9.33. The van der Waals surface area contributed by atoms with Crippen LogP contribution < -0.4 is 0 Å². The molecule has 1 saturated heterocycles. The van der Waals surface area contributed by atoms with E-state index in [2.05, 4.69) is 0 Å². The first-order chi connectivity index (χ1) is 14.3. The third-order valence-corrected chi connectivity index (χ3v) is 10.9. The lowest BCUT2D eigenvalue weighted by Crippen LogP contribution is -2.55. The second-order valence-electron chi connectivity index (χ2n) is 6.72.